The van der Waals surface area contributed by atoms with Crippen LogP contribution in [0.4, 0.5) is 0 Å². The van der Waals surface area contributed by atoms with Crippen molar-refractivity contribution in [2.24, 2.45) is 13.0 Å². The summed E-state index contributed by atoms with van der Waals surface area (Å²) < 4.78 is 3.67. The van der Waals surface area contributed by atoms with Crippen LogP contribution in [0.3, 0.4) is 0 Å². The van der Waals surface area contributed by atoms with E-state index in [2.05, 4.69) is 39.7 Å². The van der Waals surface area contributed by atoms with Crippen molar-refractivity contribution in [2.45, 2.75) is 20.4 Å². The van der Waals surface area contributed by atoms with Crippen molar-refractivity contribution in [3.63, 3.8) is 0 Å². The molecule has 7 heteroatoms. The predicted octanol–water partition coefficient (Wildman–Crippen LogP) is 0.842. The second-order valence-corrected chi connectivity index (χ2v) is 5.09. The first-order chi connectivity index (χ1) is 7.91. The fourth-order valence-electron chi connectivity index (χ4n) is 1.74. The highest BCUT2D eigenvalue weighted by Crippen LogP contribution is 2.17. The molecule has 0 aromatic carbocycles. The normalized spacial score (nSPS) is 11.6. The Morgan fingerprint density at radius 3 is 2.65 bits per heavy atom. The first kappa shape index (κ1) is 12.1. The molecule has 92 valence electrons. The number of nitrogens with zero attached hydrogens (tertiary/aromatic N) is 3. The quantitative estimate of drug-likeness (QED) is 0.836. The van der Waals surface area contributed by atoms with Gasteiger partial charge < -0.3 is 4.57 Å². The molecule has 17 heavy (non-hydrogen) atoms. The third-order valence-electron chi connectivity index (χ3n) is 2.51. The second-order valence-electron chi connectivity index (χ2n) is 4.38. The van der Waals surface area contributed by atoms with Gasteiger partial charge in [0.2, 0.25) is 0 Å². The van der Waals surface area contributed by atoms with Crippen molar-refractivity contribution in [1.29, 1.82) is 0 Å². The Balaban J connectivity index is 2.87. The highest BCUT2D eigenvalue weighted by molar-refractivity contribution is 9.10. The van der Waals surface area contributed by atoms with Crippen molar-refractivity contribution >= 4 is 27.1 Å². The van der Waals surface area contributed by atoms with Crippen LogP contribution in [0.25, 0.3) is 11.2 Å². The van der Waals surface area contributed by atoms with Crippen LogP contribution in [0.2, 0.25) is 0 Å². The van der Waals surface area contributed by atoms with Crippen molar-refractivity contribution in [2.75, 3.05) is 0 Å². The van der Waals surface area contributed by atoms with Crippen molar-refractivity contribution < 1.29 is 0 Å². The van der Waals surface area contributed by atoms with Gasteiger partial charge in [0.15, 0.2) is 15.9 Å². The van der Waals surface area contributed by atoms with Crippen molar-refractivity contribution in [3.8, 4) is 0 Å². The number of fused-ring (bicyclic) bond motifs is 1. The lowest BCUT2D eigenvalue weighted by Crippen LogP contribution is -2.29. The van der Waals surface area contributed by atoms with Gasteiger partial charge in [0, 0.05) is 13.6 Å². The summed E-state index contributed by atoms with van der Waals surface area (Å²) in [6.07, 6.45) is 0. The molecule has 0 saturated carbocycles. The van der Waals surface area contributed by atoms with Crippen LogP contribution < -0.4 is 11.2 Å². The average Bonchev–Trinajstić information content (AvgIpc) is 2.53. The molecule has 2 rings (SSSR count). The minimum atomic E-state index is -0.454. The van der Waals surface area contributed by atoms with E-state index in [0.29, 0.717) is 28.4 Å². The fraction of sp³-hybridized carbons (Fsp3) is 0.500. The maximum atomic E-state index is 11.8. The molecule has 0 aliphatic rings. The number of rotatable bonds is 2. The van der Waals surface area contributed by atoms with Gasteiger partial charge in [-0.25, -0.2) is 9.78 Å². The highest BCUT2D eigenvalue weighted by atomic mass is 79.9. The molecule has 0 fully saturated rings. The summed E-state index contributed by atoms with van der Waals surface area (Å²) in [6.45, 7) is 4.77. The number of nitrogens with one attached hydrogen (secondary N) is 1. The Bertz CT molecular complexity index is 680. The summed E-state index contributed by atoms with van der Waals surface area (Å²) in [6, 6.07) is 0. The van der Waals surface area contributed by atoms with Crippen LogP contribution in [0.15, 0.2) is 14.3 Å². The lowest BCUT2D eigenvalue weighted by molar-refractivity contribution is 0.525. The first-order valence-corrected chi connectivity index (χ1v) is 6.06. The van der Waals surface area contributed by atoms with Crippen LogP contribution in [0, 0.1) is 5.92 Å². The molecule has 0 amide bonds. The van der Waals surface area contributed by atoms with Crippen LogP contribution in [0.1, 0.15) is 13.8 Å². The molecule has 6 nitrogen and oxygen atoms in total. The van der Waals surface area contributed by atoms with Gasteiger partial charge in [0.1, 0.15) is 0 Å². The molecule has 0 aliphatic carbocycles. The van der Waals surface area contributed by atoms with Gasteiger partial charge in [-0.05, 0) is 21.8 Å². The number of H-pyrrole nitrogens is 1. The Kier molecular flexibility index (Phi) is 2.94. The lowest BCUT2D eigenvalue weighted by Gasteiger charge is -2.08. The Morgan fingerprint density at radius 1 is 1.41 bits per heavy atom. The minimum Gasteiger partial charge on any atom is -0.312 e. The van der Waals surface area contributed by atoms with Crippen LogP contribution in [0.5, 0.6) is 0 Å². The van der Waals surface area contributed by atoms with Crippen molar-refractivity contribution in [1.82, 2.24) is 19.1 Å². The number of hydrogen-bond donors (Lipinski definition) is 1. The standard InChI is InChI=1S/C10H13BrN4O2/c1-5(2)4-15-6-7(12-9(15)11)14(3)10(17)13-8(6)16/h5H,4H2,1-3H3,(H,13,16,17). The summed E-state index contributed by atoms with van der Waals surface area (Å²) >= 11 is 3.31. The van der Waals surface area contributed by atoms with Crippen molar-refractivity contribution in [3.05, 3.63) is 25.6 Å². The highest BCUT2D eigenvalue weighted by Gasteiger charge is 2.16. The SMILES string of the molecule is CC(C)Cn1c(Br)nc2c1c(=O)[nH]c(=O)n2C. The summed E-state index contributed by atoms with van der Waals surface area (Å²) in [7, 11) is 1.58. The van der Waals surface area contributed by atoms with E-state index in [9.17, 15) is 9.59 Å². The van der Waals surface area contributed by atoms with E-state index >= 15 is 0 Å². The molecule has 0 spiro atoms. The van der Waals surface area contributed by atoms with Gasteiger partial charge in [-0.1, -0.05) is 13.8 Å². The third-order valence-corrected chi connectivity index (χ3v) is 3.11. The zero-order chi connectivity index (χ0) is 12.7. The molecule has 0 atom stereocenters. The predicted molar refractivity (Wildman–Crippen MR) is 68.1 cm³/mol. The number of imidazole rings is 1. The van der Waals surface area contributed by atoms with Crippen LogP contribution in [-0.4, -0.2) is 19.1 Å². The van der Waals surface area contributed by atoms with Crippen LogP contribution in [-0.2, 0) is 13.6 Å². The molecular formula is C10H13BrN4O2. The van der Waals surface area contributed by atoms with Gasteiger partial charge in [-0.2, -0.15) is 0 Å². The number of halogens is 1. The minimum absolute atomic E-state index is 0.375. The Morgan fingerprint density at radius 2 is 2.06 bits per heavy atom. The number of aromatic nitrogens is 4. The fourth-order valence-corrected chi connectivity index (χ4v) is 2.23. The molecule has 0 saturated heterocycles. The maximum Gasteiger partial charge on any atom is 0.329 e. The summed E-state index contributed by atoms with van der Waals surface area (Å²) in [5.74, 6) is 0.375. The number of aromatic amines is 1. The monoisotopic (exact) mass is 300 g/mol. The third kappa shape index (κ3) is 1.95. The van der Waals surface area contributed by atoms with E-state index in [4.69, 9.17) is 0 Å². The maximum absolute atomic E-state index is 11.8. The molecule has 0 unspecified atom stereocenters. The van der Waals surface area contributed by atoms with Gasteiger partial charge in [-0.3, -0.25) is 14.3 Å². The zero-order valence-electron chi connectivity index (χ0n) is 9.82. The molecule has 0 radical (unpaired) electrons. The first-order valence-electron chi connectivity index (χ1n) is 5.27. The molecule has 2 aromatic rings. The molecule has 2 aromatic heterocycles. The van der Waals surface area contributed by atoms with E-state index in [1.54, 1.807) is 11.6 Å². The zero-order valence-corrected chi connectivity index (χ0v) is 11.4. The van der Waals surface area contributed by atoms with E-state index in [1.165, 1.54) is 4.57 Å². The molecule has 0 bridgehead atoms. The average molecular weight is 301 g/mol. The smallest absolute Gasteiger partial charge is 0.312 e. The van der Waals surface area contributed by atoms with Gasteiger partial charge in [0.05, 0.1) is 0 Å². The lowest BCUT2D eigenvalue weighted by atomic mass is 10.2. The molecule has 2 heterocycles. The Labute approximate surface area is 105 Å². The summed E-state index contributed by atoms with van der Waals surface area (Å²) in [5.41, 5.74) is -0.0369. The number of aryl methyl sites for hydroxylation is 1. The van der Waals surface area contributed by atoms with E-state index in [1.807, 2.05) is 0 Å². The van der Waals surface area contributed by atoms with E-state index in [-0.39, 0.29) is 0 Å². The van der Waals surface area contributed by atoms with Gasteiger partial charge in [0.25, 0.3) is 5.56 Å². The van der Waals surface area contributed by atoms with E-state index < -0.39 is 11.2 Å². The topological polar surface area (TPSA) is 72.7 Å². The largest absolute Gasteiger partial charge is 0.329 e. The second kappa shape index (κ2) is 4.14. The summed E-state index contributed by atoms with van der Waals surface area (Å²) in [4.78, 5) is 29.7. The van der Waals surface area contributed by atoms with Gasteiger partial charge in [-0.15, -0.1) is 0 Å². The van der Waals surface area contributed by atoms with E-state index in [0.717, 1.165) is 0 Å². The number of hydrogen-bond acceptors (Lipinski definition) is 3. The molecule has 1 N–H and O–H groups in total. The Hall–Kier alpha value is -1.37. The summed E-state index contributed by atoms with van der Waals surface area (Å²) in [5, 5.41) is 0. The molecule has 0 aliphatic heterocycles. The van der Waals surface area contributed by atoms with Gasteiger partial charge >= 0.3 is 5.69 Å². The van der Waals surface area contributed by atoms with Crippen LogP contribution >= 0.6 is 15.9 Å². The molecular weight excluding hydrogens is 288 g/mol.